The second kappa shape index (κ2) is 9.14. The summed E-state index contributed by atoms with van der Waals surface area (Å²) in [7, 11) is 0. The lowest BCUT2D eigenvalue weighted by atomic mass is 9.99. The highest BCUT2D eigenvalue weighted by atomic mass is 16.1. The van der Waals surface area contributed by atoms with Crippen molar-refractivity contribution in [2.45, 2.75) is 0 Å². The van der Waals surface area contributed by atoms with Crippen molar-refractivity contribution in [3.63, 3.8) is 0 Å². The van der Waals surface area contributed by atoms with Crippen LogP contribution < -0.4 is 0 Å². The molecule has 4 aromatic carbocycles. The average molecular weight is 336 g/mol. The third-order valence-corrected chi connectivity index (χ3v) is 3.96. The van der Waals surface area contributed by atoms with Gasteiger partial charge in [-0.25, -0.2) is 0 Å². The lowest BCUT2D eigenvalue weighted by Crippen LogP contribution is -2.00. The van der Waals surface area contributed by atoms with Crippen LogP contribution in [0.4, 0.5) is 0 Å². The second-order valence-corrected chi connectivity index (χ2v) is 5.79. The van der Waals surface area contributed by atoms with E-state index in [9.17, 15) is 4.79 Å². The van der Waals surface area contributed by atoms with Crippen molar-refractivity contribution in [3.8, 4) is 11.1 Å². The Labute approximate surface area is 154 Å². The first-order valence-electron chi connectivity index (χ1n) is 8.60. The van der Waals surface area contributed by atoms with Gasteiger partial charge in [0, 0.05) is 11.1 Å². The normalized spacial score (nSPS) is 9.69. The maximum Gasteiger partial charge on any atom is 0.193 e. The van der Waals surface area contributed by atoms with Gasteiger partial charge in [0.25, 0.3) is 0 Å². The van der Waals surface area contributed by atoms with E-state index in [1.807, 2.05) is 109 Å². The van der Waals surface area contributed by atoms with Crippen molar-refractivity contribution < 1.29 is 4.79 Å². The first kappa shape index (κ1) is 17.4. The second-order valence-electron chi connectivity index (χ2n) is 5.79. The molecule has 0 amide bonds. The summed E-state index contributed by atoms with van der Waals surface area (Å²) in [6, 6.07) is 39.3. The van der Waals surface area contributed by atoms with Crippen LogP contribution in [0.15, 0.2) is 121 Å². The van der Waals surface area contributed by atoms with Gasteiger partial charge >= 0.3 is 0 Å². The topological polar surface area (TPSA) is 17.1 Å². The van der Waals surface area contributed by atoms with Gasteiger partial charge in [-0.1, -0.05) is 121 Å². The standard InChI is InChI=1S/C19H14O.C6H6/c20-19(17-9-5-2-6-10-17)18-13-11-16(12-14-18)15-7-3-1-4-8-15;1-2-4-6-5-3-1/h1-14H;1-6H. The van der Waals surface area contributed by atoms with E-state index < -0.39 is 0 Å². The Morgan fingerprint density at radius 3 is 1.23 bits per heavy atom. The molecule has 0 saturated heterocycles. The van der Waals surface area contributed by atoms with E-state index in [2.05, 4.69) is 12.1 Å². The minimum absolute atomic E-state index is 0.0604. The molecule has 126 valence electrons. The van der Waals surface area contributed by atoms with Crippen LogP contribution >= 0.6 is 0 Å². The van der Waals surface area contributed by atoms with Crippen LogP contribution in [0.1, 0.15) is 15.9 Å². The first-order chi connectivity index (χ1) is 12.8. The number of rotatable bonds is 3. The highest BCUT2D eigenvalue weighted by Gasteiger charge is 2.08. The van der Waals surface area contributed by atoms with Crippen molar-refractivity contribution >= 4 is 5.78 Å². The van der Waals surface area contributed by atoms with Gasteiger partial charge < -0.3 is 0 Å². The molecule has 0 heterocycles. The largest absolute Gasteiger partial charge is 0.289 e. The number of ketones is 1. The van der Waals surface area contributed by atoms with Gasteiger partial charge in [0.1, 0.15) is 0 Å². The van der Waals surface area contributed by atoms with E-state index in [1.165, 1.54) is 0 Å². The summed E-state index contributed by atoms with van der Waals surface area (Å²) in [6.07, 6.45) is 0. The van der Waals surface area contributed by atoms with Gasteiger partial charge in [0.15, 0.2) is 5.78 Å². The van der Waals surface area contributed by atoms with Gasteiger partial charge in [0.05, 0.1) is 0 Å². The monoisotopic (exact) mass is 336 g/mol. The molecule has 0 aromatic heterocycles. The Kier molecular flexibility index (Phi) is 6.11. The van der Waals surface area contributed by atoms with Gasteiger partial charge in [-0.05, 0) is 11.1 Å². The van der Waals surface area contributed by atoms with Crippen LogP contribution in [-0.4, -0.2) is 5.78 Å². The van der Waals surface area contributed by atoms with E-state index in [4.69, 9.17) is 0 Å². The van der Waals surface area contributed by atoms with Gasteiger partial charge in [-0.3, -0.25) is 4.79 Å². The van der Waals surface area contributed by atoms with E-state index in [0.717, 1.165) is 22.3 Å². The fourth-order valence-corrected chi connectivity index (χ4v) is 2.59. The van der Waals surface area contributed by atoms with Gasteiger partial charge in [-0.2, -0.15) is 0 Å². The predicted octanol–water partition coefficient (Wildman–Crippen LogP) is 6.27. The lowest BCUT2D eigenvalue weighted by molar-refractivity contribution is 0.103. The van der Waals surface area contributed by atoms with Crippen LogP contribution in [0, 0.1) is 0 Å². The van der Waals surface area contributed by atoms with Crippen LogP contribution in [0.3, 0.4) is 0 Å². The van der Waals surface area contributed by atoms with Crippen LogP contribution in [0.25, 0.3) is 11.1 Å². The number of benzene rings is 4. The highest BCUT2D eigenvalue weighted by molar-refractivity contribution is 6.09. The summed E-state index contributed by atoms with van der Waals surface area (Å²) in [6.45, 7) is 0. The van der Waals surface area contributed by atoms with Crippen LogP contribution in [0.2, 0.25) is 0 Å². The van der Waals surface area contributed by atoms with E-state index in [1.54, 1.807) is 0 Å². The lowest BCUT2D eigenvalue weighted by Gasteiger charge is -2.04. The van der Waals surface area contributed by atoms with E-state index in [0.29, 0.717) is 0 Å². The Morgan fingerprint density at radius 2 is 0.731 bits per heavy atom. The molecule has 0 fully saturated rings. The fraction of sp³-hybridized carbons (Fsp3) is 0. The predicted molar refractivity (Wildman–Crippen MR) is 108 cm³/mol. The van der Waals surface area contributed by atoms with Crippen molar-refractivity contribution in [1.82, 2.24) is 0 Å². The SMILES string of the molecule is O=C(c1ccccc1)c1ccc(-c2ccccc2)cc1.c1ccccc1. The van der Waals surface area contributed by atoms with Gasteiger partial charge in [-0.15, -0.1) is 0 Å². The van der Waals surface area contributed by atoms with Gasteiger partial charge in [0.2, 0.25) is 0 Å². The molecule has 0 aliphatic rings. The molecule has 0 bridgehead atoms. The summed E-state index contributed by atoms with van der Waals surface area (Å²) < 4.78 is 0. The number of hydrogen-bond acceptors (Lipinski definition) is 1. The molecular weight excluding hydrogens is 316 g/mol. The maximum absolute atomic E-state index is 12.3. The minimum atomic E-state index is 0.0604. The zero-order chi connectivity index (χ0) is 18.0. The molecule has 0 atom stereocenters. The molecule has 4 rings (SSSR count). The number of carbonyl (C=O) groups is 1. The molecule has 4 aromatic rings. The molecule has 0 aliphatic carbocycles. The van der Waals surface area contributed by atoms with E-state index in [-0.39, 0.29) is 5.78 Å². The zero-order valence-corrected chi connectivity index (χ0v) is 14.5. The molecule has 0 N–H and O–H groups in total. The van der Waals surface area contributed by atoms with Crippen LogP contribution in [-0.2, 0) is 0 Å². The summed E-state index contributed by atoms with van der Waals surface area (Å²) in [5.74, 6) is 0.0604. The fourth-order valence-electron chi connectivity index (χ4n) is 2.59. The quantitative estimate of drug-likeness (QED) is 0.403. The number of carbonyl (C=O) groups excluding carboxylic acids is 1. The smallest absolute Gasteiger partial charge is 0.193 e. The van der Waals surface area contributed by atoms with Crippen LogP contribution in [0.5, 0.6) is 0 Å². The maximum atomic E-state index is 12.3. The average Bonchev–Trinajstić information content (AvgIpc) is 2.76. The molecule has 26 heavy (non-hydrogen) atoms. The summed E-state index contributed by atoms with van der Waals surface area (Å²) in [5, 5.41) is 0. The summed E-state index contributed by atoms with van der Waals surface area (Å²) in [5.41, 5.74) is 3.72. The molecule has 0 unspecified atom stereocenters. The Morgan fingerprint density at radius 1 is 0.385 bits per heavy atom. The summed E-state index contributed by atoms with van der Waals surface area (Å²) >= 11 is 0. The molecule has 0 aliphatic heterocycles. The molecule has 0 spiro atoms. The molecule has 1 nitrogen and oxygen atoms in total. The third-order valence-electron chi connectivity index (χ3n) is 3.96. The van der Waals surface area contributed by atoms with Crippen molar-refractivity contribution in [1.29, 1.82) is 0 Å². The Balaban J connectivity index is 0.000000278. The van der Waals surface area contributed by atoms with Crippen molar-refractivity contribution in [2.75, 3.05) is 0 Å². The van der Waals surface area contributed by atoms with Crippen molar-refractivity contribution in [3.05, 3.63) is 132 Å². The van der Waals surface area contributed by atoms with Crippen molar-refractivity contribution in [2.24, 2.45) is 0 Å². The highest BCUT2D eigenvalue weighted by Crippen LogP contribution is 2.20. The Bertz CT molecular complexity index is 885. The Hall–Kier alpha value is -3.45. The molecular formula is C25H20O. The summed E-state index contributed by atoms with van der Waals surface area (Å²) in [4.78, 5) is 12.3. The molecule has 0 saturated carbocycles. The molecule has 0 radical (unpaired) electrons. The zero-order valence-electron chi connectivity index (χ0n) is 14.5. The minimum Gasteiger partial charge on any atom is -0.289 e. The third kappa shape index (κ3) is 4.78. The number of hydrogen-bond donors (Lipinski definition) is 0. The first-order valence-corrected chi connectivity index (χ1v) is 8.60. The van der Waals surface area contributed by atoms with E-state index >= 15 is 0 Å². The molecule has 1 heteroatoms.